The van der Waals surface area contributed by atoms with Gasteiger partial charge in [0, 0.05) is 5.41 Å². The Kier molecular flexibility index (Phi) is 9.49. The molecule has 0 heterocycles. The largest absolute Gasteiger partial charge is 0.480 e. The maximum atomic E-state index is 12.4. The summed E-state index contributed by atoms with van der Waals surface area (Å²) in [5.74, 6) is 2.75. The SMILES string of the molecule is C#C[C@]1(O)CC[C@@H]2[C@@H]3CCC4=CC(=NOCC(=O)N[C@H](C)C(=O)N[C@H](CCSC)C(=O)O)CC[C@]4(C)[C@@H]3CC[C@@]21C. The maximum absolute atomic E-state index is 12.4. The van der Waals surface area contributed by atoms with Crippen molar-refractivity contribution >= 4 is 35.3 Å². The van der Waals surface area contributed by atoms with Gasteiger partial charge in [0.2, 0.25) is 5.91 Å². The number of aliphatic carboxylic acids is 1. The molecule has 3 fully saturated rings. The minimum absolute atomic E-state index is 0.0872. The van der Waals surface area contributed by atoms with E-state index in [1.165, 1.54) is 24.3 Å². The van der Waals surface area contributed by atoms with Gasteiger partial charge in [0.05, 0.1) is 5.71 Å². The van der Waals surface area contributed by atoms with Crippen LogP contribution in [0, 0.1) is 40.9 Å². The number of carboxylic acid groups (broad SMARTS) is 1. The van der Waals surface area contributed by atoms with Gasteiger partial charge in [-0.25, -0.2) is 4.79 Å². The number of nitrogens with one attached hydrogen (secondary N) is 2. The molecule has 0 aromatic rings. The lowest BCUT2D eigenvalue weighted by atomic mass is 9.46. The number of rotatable bonds is 10. The third-order valence-corrected chi connectivity index (χ3v) is 11.4. The Hall–Kier alpha value is -2.51. The molecule has 226 valence electrons. The minimum Gasteiger partial charge on any atom is -0.480 e. The second-order valence-electron chi connectivity index (χ2n) is 12.8. The van der Waals surface area contributed by atoms with Gasteiger partial charge in [0.25, 0.3) is 5.91 Å². The fourth-order valence-corrected chi connectivity index (χ4v) is 8.68. The molecule has 2 amide bonds. The average Bonchev–Trinajstić information content (AvgIpc) is 3.21. The van der Waals surface area contributed by atoms with E-state index in [1.807, 2.05) is 6.26 Å². The van der Waals surface area contributed by atoms with E-state index < -0.39 is 35.5 Å². The highest BCUT2D eigenvalue weighted by Gasteiger charge is 2.63. The van der Waals surface area contributed by atoms with Crippen LogP contribution in [-0.4, -0.2) is 70.0 Å². The average molecular weight is 588 g/mol. The van der Waals surface area contributed by atoms with Crippen molar-refractivity contribution in [1.82, 2.24) is 10.6 Å². The van der Waals surface area contributed by atoms with Gasteiger partial charge < -0.3 is 25.7 Å². The molecule has 0 unspecified atom stereocenters. The highest BCUT2D eigenvalue weighted by Crippen LogP contribution is 2.67. The van der Waals surface area contributed by atoms with Crippen LogP contribution in [0.5, 0.6) is 0 Å². The van der Waals surface area contributed by atoms with Gasteiger partial charge in [-0.3, -0.25) is 9.59 Å². The van der Waals surface area contributed by atoms with Crippen LogP contribution < -0.4 is 10.6 Å². The molecule has 4 aliphatic rings. The molecular formula is C31H45N3O6S. The monoisotopic (exact) mass is 587 g/mol. The van der Waals surface area contributed by atoms with Crippen LogP contribution in [0.3, 0.4) is 0 Å². The Morgan fingerprint density at radius 3 is 2.59 bits per heavy atom. The summed E-state index contributed by atoms with van der Waals surface area (Å²) in [5, 5.41) is 29.8. The Morgan fingerprint density at radius 1 is 1.17 bits per heavy atom. The maximum Gasteiger partial charge on any atom is 0.326 e. The molecule has 0 aromatic carbocycles. The van der Waals surface area contributed by atoms with Crippen molar-refractivity contribution in [2.24, 2.45) is 33.7 Å². The molecular weight excluding hydrogens is 542 g/mol. The lowest BCUT2D eigenvalue weighted by Crippen LogP contribution is -2.54. The Labute approximate surface area is 247 Å². The summed E-state index contributed by atoms with van der Waals surface area (Å²) in [6.07, 6.45) is 17.6. The summed E-state index contributed by atoms with van der Waals surface area (Å²) < 4.78 is 0. The van der Waals surface area contributed by atoms with Crippen molar-refractivity contribution in [1.29, 1.82) is 0 Å². The number of allylic oxidation sites excluding steroid dienone is 2. The first-order chi connectivity index (χ1) is 19.4. The summed E-state index contributed by atoms with van der Waals surface area (Å²) >= 11 is 1.50. The van der Waals surface area contributed by atoms with E-state index in [0.29, 0.717) is 36.3 Å². The van der Waals surface area contributed by atoms with Crippen LogP contribution in [0.25, 0.3) is 0 Å². The normalized spacial score (nSPS) is 36.4. The predicted molar refractivity (Wildman–Crippen MR) is 159 cm³/mol. The molecule has 41 heavy (non-hydrogen) atoms. The second kappa shape index (κ2) is 12.4. The number of aliphatic hydroxyl groups is 1. The van der Waals surface area contributed by atoms with Crippen molar-refractivity contribution < 1.29 is 29.4 Å². The summed E-state index contributed by atoms with van der Waals surface area (Å²) in [4.78, 5) is 41.5. The van der Waals surface area contributed by atoms with Crippen molar-refractivity contribution in [3.63, 3.8) is 0 Å². The van der Waals surface area contributed by atoms with Gasteiger partial charge in [-0.2, -0.15) is 11.8 Å². The zero-order chi connectivity index (χ0) is 30.0. The highest BCUT2D eigenvalue weighted by atomic mass is 32.2. The zero-order valence-electron chi connectivity index (χ0n) is 24.7. The standard InChI is InChI=1S/C31H45N3O6S/c1-6-31(39)15-11-24-22-8-7-20-17-21(9-13-29(20,3)23(22)10-14-30(24,31)4)34-40-18-26(35)32-19(2)27(36)33-25(28(37)38)12-16-41-5/h1,17,19,22-25,39H,7-16,18H2,2-5H3,(H,32,35)(H,33,36)(H,37,38)/t19-,22-,23-,24-,25-,29+,30+,31+/m1/s1. The van der Waals surface area contributed by atoms with Crippen molar-refractivity contribution in [3.05, 3.63) is 11.6 Å². The molecule has 9 nitrogen and oxygen atoms in total. The number of amides is 2. The van der Waals surface area contributed by atoms with E-state index in [9.17, 15) is 24.6 Å². The van der Waals surface area contributed by atoms with Crippen LogP contribution >= 0.6 is 11.8 Å². The van der Waals surface area contributed by atoms with Gasteiger partial charge in [0.15, 0.2) is 6.61 Å². The number of hydrogen-bond donors (Lipinski definition) is 4. The van der Waals surface area contributed by atoms with Crippen LogP contribution in [0.1, 0.15) is 78.6 Å². The Bertz CT molecular complexity index is 1150. The van der Waals surface area contributed by atoms with Crippen molar-refractivity contribution in [2.75, 3.05) is 18.6 Å². The molecule has 0 aliphatic heterocycles. The molecule has 0 aromatic heterocycles. The molecule has 4 rings (SSSR count). The number of nitrogens with zero attached hydrogens (tertiary/aromatic N) is 1. The molecule has 4 N–H and O–H groups in total. The number of oxime groups is 1. The number of carbonyl (C=O) groups excluding carboxylic acids is 2. The minimum atomic E-state index is -1.10. The van der Waals surface area contributed by atoms with E-state index >= 15 is 0 Å². The van der Waals surface area contributed by atoms with Gasteiger partial charge in [-0.05, 0) is 106 Å². The second-order valence-corrected chi connectivity index (χ2v) is 13.8. The first-order valence-electron chi connectivity index (χ1n) is 14.8. The molecule has 0 saturated heterocycles. The van der Waals surface area contributed by atoms with E-state index in [1.54, 1.807) is 0 Å². The number of terminal acetylenes is 1. The molecule has 0 radical (unpaired) electrons. The van der Waals surface area contributed by atoms with E-state index in [2.05, 4.69) is 41.6 Å². The third kappa shape index (κ3) is 6.03. The topological polar surface area (TPSA) is 137 Å². The summed E-state index contributed by atoms with van der Waals surface area (Å²) in [6, 6.07) is -1.91. The molecule has 10 heteroatoms. The molecule has 0 spiro atoms. The Balaban J connectivity index is 1.31. The molecule has 8 atom stereocenters. The first-order valence-corrected chi connectivity index (χ1v) is 16.2. The molecule has 0 bridgehead atoms. The Morgan fingerprint density at radius 2 is 1.90 bits per heavy atom. The lowest BCUT2D eigenvalue weighted by molar-refractivity contribution is -0.142. The van der Waals surface area contributed by atoms with Crippen molar-refractivity contribution in [2.45, 2.75) is 96.2 Å². The highest BCUT2D eigenvalue weighted by molar-refractivity contribution is 7.98. The van der Waals surface area contributed by atoms with Gasteiger partial charge in [-0.1, -0.05) is 30.5 Å². The zero-order valence-corrected chi connectivity index (χ0v) is 25.5. The van der Waals surface area contributed by atoms with Gasteiger partial charge in [-0.15, -0.1) is 6.42 Å². The van der Waals surface area contributed by atoms with E-state index in [-0.39, 0.29) is 17.4 Å². The van der Waals surface area contributed by atoms with Crippen LogP contribution in [0.4, 0.5) is 0 Å². The quantitative estimate of drug-likeness (QED) is 0.227. The molecule has 3 saturated carbocycles. The smallest absolute Gasteiger partial charge is 0.326 e. The first kappa shape index (κ1) is 31.4. The third-order valence-electron chi connectivity index (χ3n) is 10.7. The number of fused-ring (bicyclic) bond motifs is 5. The summed E-state index contributed by atoms with van der Waals surface area (Å²) in [5.41, 5.74) is 1.09. The number of thioether (sulfide) groups is 1. The van der Waals surface area contributed by atoms with Crippen LogP contribution in [0.2, 0.25) is 0 Å². The van der Waals surface area contributed by atoms with Crippen LogP contribution in [-0.2, 0) is 19.2 Å². The predicted octanol–water partition coefficient (Wildman–Crippen LogP) is 3.51. The summed E-state index contributed by atoms with van der Waals surface area (Å²) in [7, 11) is 0. The van der Waals surface area contributed by atoms with Gasteiger partial charge >= 0.3 is 5.97 Å². The van der Waals surface area contributed by atoms with Crippen LogP contribution in [0.15, 0.2) is 16.8 Å². The number of carboxylic acids is 1. The van der Waals surface area contributed by atoms with E-state index in [0.717, 1.165) is 50.7 Å². The number of carbonyl (C=O) groups is 3. The van der Waals surface area contributed by atoms with Gasteiger partial charge in [0.1, 0.15) is 17.7 Å². The fourth-order valence-electron chi connectivity index (χ4n) is 8.21. The van der Waals surface area contributed by atoms with E-state index in [4.69, 9.17) is 11.3 Å². The lowest BCUT2D eigenvalue weighted by Gasteiger charge is -2.58. The molecule has 4 aliphatic carbocycles. The van der Waals surface area contributed by atoms with Crippen molar-refractivity contribution in [3.8, 4) is 12.3 Å². The fraction of sp³-hybridized carbons (Fsp3) is 0.742. The summed E-state index contributed by atoms with van der Waals surface area (Å²) in [6.45, 7) is 5.76. The number of hydrogen-bond acceptors (Lipinski definition) is 7.